The van der Waals surface area contributed by atoms with Gasteiger partial charge >= 0.3 is 47.6 Å². The largest absolute Gasteiger partial charge is 1.00 e. The van der Waals surface area contributed by atoms with Crippen LogP contribution in [0.2, 0.25) is 0 Å². The smallest absolute Gasteiger partial charge is 1.00 e. The monoisotopic (exact) mass is 549 g/mol. The van der Waals surface area contributed by atoms with Crippen molar-refractivity contribution in [2.75, 3.05) is 19.0 Å². The van der Waals surface area contributed by atoms with Crippen molar-refractivity contribution in [3.8, 4) is 0 Å². The molecule has 0 unspecified atom stereocenters. The first-order valence-corrected chi connectivity index (χ1v) is 12.5. The second kappa shape index (κ2) is 13.8. The van der Waals surface area contributed by atoms with Crippen LogP contribution in [0.4, 0.5) is 4.79 Å². The van der Waals surface area contributed by atoms with Crippen molar-refractivity contribution in [1.82, 2.24) is 15.5 Å². The van der Waals surface area contributed by atoms with E-state index in [-0.39, 0.29) is 86.4 Å². The molecule has 0 spiro atoms. The van der Waals surface area contributed by atoms with Crippen molar-refractivity contribution >= 4 is 58.9 Å². The molecule has 4 amide bonds. The van der Waals surface area contributed by atoms with Gasteiger partial charge in [0, 0.05) is 22.6 Å². The molecule has 190 valence electrons. The van der Waals surface area contributed by atoms with Crippen LogP contribution in [-0.4, -0.2) is 76.1 Å². The van der Waals surface area contributed by atoms with E-state index in [4.69, 9.17) is 4.74 Å². The summed E-state index contributed by atoms with van der Waals surface area (Å²) in [4.78, 5) is 73.5. The zero-order valence-corrected chi connectivity index (χ0v) is 23.2. The Morgan fingerprint density at radius 3 is 2.58 bits per heavy atom. The number of carbonyl (C=O) groups is 6. The number of esters is 1. The minimum absolute atomic E-state index is 0. The number of hydrogen-bond acceptors (Lipinski definition) is 10. The van der Waals surface area contributed by atoms with Gasteiger partial charge in [0.05, 0.1) is 19.4 Å². The third kappa shape index (κ3) is 7.56. The minimum atomic E-state index is -1.35. The molecule has 36 heavy (non-hydrogen) atoms. The summed E-state index contributed by atoms with van der Waals surface area (Å²) < 4.78 is 9.64. The number of nitrogens with one attached hydrogen (secondary N) is 2. The summed E-state index contributed by atoms with van der Waals surface area (Å²) in [6.07, 6.45) is -1.45. The molecular weight excluding hydrogens is 525 g/mol. The van der Waals surface area contributed by atoms with E-state index >= 15 is 0 Å². The standard InChI is InChI=1S/C21H23N3O9S2.Na.H/c1-2-32-21(31)23-13(25)5-6-15(27)33-9-11-10-35-19-16(18(28)24(19)17(11)20(29)30)22-14(26)8-12-4-3-7-34-12;;/h3-4,7,16,19H,2,5-6,8-10H2,1H3,(H,22,26)(H,29,30)(H,23,25,31);;/q;+1;-1/t16-,19-;;/m1../s1. The van der Waals surface area contributed by atoms with Gasteiger partial charge < -0.3 is 21.3 Å². The van der Waals surface area contributed by atoms with Gasteiger partial charge in [-0.1, -0.05) is 6.07 Å². The van der Waals surface area contributed by atoms with E-state index < -0.39 is 41.3 Å². The molecule has 2 atom stereocenters. The molecule has 1 saturated heterocycles. The van der Waals surface area contributed by atoms with Crippen molar-refractivity contribution in [2.45, 2.75) is 37.6 Å². The first-order valence-electron chi connectivity index (χ1n) is 10.5. The molecule has 1 aromatic rings. The minimum Gasteiger partial charge on any atom is -1.00 e. The molecule has 3 N–H and O–H groups in total. The number of carboxylic acid groups (broad SMARTS) is 1. The van der Waals surface area contributed by atoms with E-state index in [0.717, 1.165) is 9.78 Å². The number of β-lactam (4-membered cyclic amide) rings is 1. The molecule has 15 heteroatoms. The van der Waals surface area contributed by atoms with E-state index in [1.54, 1.807) is 13.0 Å². The van der Waals surface area contributed by atoms with Crippen LogP contribution < -0.4 is 40.2 Å². The topological polar surface area (TPSA) is 168 Å². The third-order valence-corrected chi connectivity index (χ3v) is 7.18. The summed E-state index contributed by atoms with van der Waals surface area (Å²) in [5.41, 5.74) is -0.0600. The predicted molar refractivity (Wildman–Crippen MR) is 124 cm³/mol. The average Bonchev–Trinajstić information content (AvgIpc) is 3.32. The summed E-state index contributed by atoms with van der Waals surface area (Å²) in [5, 5.41) is 15.5. The second-order valence-corrected chi connectivity index (χ2v) is 9.54. The molecule has 0 bridgehead atoms. The fourth-order valence-corrected chi connectivity index (χ4v) is 5.42. The number of fused-ring (bicyclic) bond motifs is 1. The van der Waals surface area contributed by atoms with Crippen molar-refractivity contribution in [3.05, 3.63) is 33.7 Å². The van der Waals surface area contributed by atoms with Gasteiger partial charge in [-0.15, -0.1) is 23.1 Å². The summed E-state index contributed by atoms with van der Waals surface area (Å²) >= 11 is 2.67. The van der Waals surface area contributed by atoms with Crippen molar-refractivity contribution in [1.29, 1.82) is 0 Å². The maximum atomic E-state index is 12.7. The molecule has 0 saturated carbocycles. The fourth-order valence-electron chi connectivity index (χ4n) is 3.39. The Bertz CT molecular complexity index is 1070. The van der Waals surface area contributed by atoms with Crippen LogP contribution in [0.3, 0.4) is 0 Å². The molecular formula is C21H24N3NaO9S2. The van der Waals surface area contributed by atoms with Gasteiger partial charge in [-0.05, 0) is 18.4 Å². The molecule has 2 aliphatic rings. The van der Waals surface area contributed by atoms with E-state index in [0.29, 0.717) is 0 Å². The first-order chi connectivity index (χ1) is 16.7. The Labute approximate surface area is 237 Å². The normalized spacial score (nSPS) is 18.2. The van der Waals surface area contributed by atoms with E-state index in [1.807, 2.05) is 16.8 Å². The van der Waals surface area contributed by atoms with Crippen LogP contribution in [0.5, 0.6) is 0 Å². The molecule has 12 nitrogen and oxygen atoms in total. The molecule has 3 rings (SSSR count). The number of carbonyl (C=O) groups excluding carboxylic acids is 5. The zero-order valence-electron chi connectivity index (χ0n) is 20.6. The molecule has 1 aromatic heterocycles. The number of hydrogen-bond donors (Lipinski definition) is 3. The van der Waals surface area contributed by atoms with Crippen LogP contribution >= 0.6 is 23.1 Å². The molecule has 0 radical (unpaired) electrons. The van der Waals surface area contributed by atoms with Crippen LogP contribution in [-0.2, 0) is 39.9 Å². The number of imide groups is 1. The second-order valence-electron chi connectivity index (χ2n) is 7.40. The van der Waals surface area contributed by atoms with Crippen LogP contribution in [0.25, 0.3) is 0 Å². The van der Waals surface area contributed by atoms with Crippen molar-refractivity contribution in [2.24, 2.45) is 0 Å². The molecule has 0 aliphatic carbocycles. The van der Waals surface area contributed by atoms with Gasteiger partial charge in [0.2, 0.25) is 11.8 Å². The number of aliphatic carboxylic acids is 1. The maximum Gasteiger partial charge on any atom is 1.00 e. The van der Waals surface area contributed by atoms with Gasteiger partial charge in [-0.25, -0.2) is 9.59 Å². The van der Waals surface area contributed by atoms with Crippen molar-refractivity contribution in [3.63, 3.8) is 0 Å². The predicted octanol–water partition coefficient (Wildman–Crippen LogP) is -2.26. The Morgan fingerprint density at radius 2 is 1.94 bits per heavy atom. The van der Waals surface area contributed by atoms with Gasteiger partial charge in [-0.3, -0.25) is 29.4 Å². The van der Waals surface area contributed by atoms with E-state index in [1.165, 1.54) is 23.1 Å². The van der Waals surface area contributed by atoms with Crippen LogP contribution in [0, 0.1) is 0 Å². The quantitative estimate of drug-likeness (QED) is 0.165. The Hall–Kier alpha value is -2.39. The van der Waals surface area contributed by atoms with Gasteiger partial charge in [0.25, 0.3) is 5.91 Å². The molecule has 1 fully saturated rings. The van der Waals surface area contributed by atoms with Gasteiger partial charge in [-0.2, -0.15) is 0 Å². The number of carboxylic acids is 1. The summed E-state index contributed by atoms with van der Waals surface area (Å²) in [6.45, 7) is 1.28. The van der Waals surface area contributed by atoms with E-state index in [9.17, 15) is 33.9 Å². The summed E-state index contributed by atoms with van der Waals surface area (Å²) in [6, 6.07) is 2.78. The number of thiophene rings is 1. The Morgan fingerprint density at radius 1 is 1.19 bits per heavy atom. The maximum absolute atomic E-state index is 12.7. The number of nitrogens with zero attached hydrogens (tertiary/aromatic N) is 1. The number of thioether (sulfide) groups is 1. The molecule has 3 heterocycles. The number of alkyl carbamates (subject to hydrolysis) is 1. The number of ether oxygens (including phenoxy) is 2. The van der Waals surface area contributed by atoms with Crippen LogP contribution in [0.15, 0.2) is 28.8 Å². The van der Waals surface area contributed by atoms with Crippen molar-refractivity contribution < 1.29 is 74.3 Å². The fraction of sp³-hybridized carbons (Fsp3) is 0.429. The Kier molecular flexibility index (Phi) is 11.4. The number of amides is 4. The van der Waals surface area contributed by atoms with Crippen LogP contribution in [0.1, 0.15) is 26.1 Å². The van der Waals surface area contributed by atoms with Gasteiger partial charge in [0.1, 0.15) is 23.7 Å². The average molecular weight is 550 g/mol. The molecule has 2 aliphatic heterocycles. The SMILES string of the molecule is CCOC(=O)NC(=O)CCC(=O)OCC1=C(C(=O)O)N2C(=O)[C@@H](NC(=O)Cc3cccs3)[C@H]2SC1.[H-].[Na+]. The summed E-state index contributed by atoms with van der Waals surface area (Å²) in [5.74, 6) is -3.57. The van der Waals surface area contributed by atoms with Gasteiger partial charge in [0.15, 0.2) is 0 Å². The number of rotatable bonds is 10. The third-order valence-electron chi connectivity index (χ3n) is 4.96. The Balaban J connectivity index is 0.00000342. The zero-order chi connectivity index (χ0) is 25.5. The first kappa shape index (κ1) is 29.8. The van der Waals surface area contributed by atoms with E-state index in [2.05, 4.69) is 10.1 Å². The molecule has 0 aromatic carbocycles. The summed E-state index contributed by atoms with van der Waals surface area (Å²) in [7, 11) is 0.